The summed E-state index contributed by atoms with van der Waals surface area (Å²) in [5.41, 5.74) is 8.84. The molecular formula is C31H35BrN4O3. The normalized spacial score (nSPS) is 15.8. The molecule has 3 aromatic heterocycles. The summed E-state index contributed by atoms with van der Waals surface area (Å²) >= 11 is 3.81. The first-order chi connectivity index (χ1) is 18.2. The van der Waals surface area contributed by atoms with Crippen LogP contribution in [0.15, 0.2) is 16.6 Å². The van der Waals surface area contributed by atoms with E-state index in [0.29, 0.717) is 35.2 Å². The molecule has 3 aromatic rings. The number of ether oxygens (including phenoxy) is 1. The molecule has 2 N–H and O–H groups in total. The first kappa shape index (κ1) is 27.3. The summed E-state index contributed by atoms with van der Waals surface area (Å²) in [6, 6.07) is 4.06. The number of hydrogen-bond acceptors (Lipinski definition) is 5. The fourth-order valence-electron chi connectivity index (χ4n) is 5.92. The Kier molecular flexibility index (Phi) is 6.41. The van der Waals surface area contributed by atoms with Crippen LogP contribution in [0, 0.1) is 13.8 Å². The van der Waals surface area contributed by atoms with Gasteiger partial charge in [0, 0.05) is 57.2 Å². The van der Waals surface area contributed by atoms with Crippen LogP contribution in [-0.4, -0.2) is 38.6 Å². The molecule has 5 rings (SSSR count). The Morgan fingerprint density at radius 1 is 0.821 bits per heavy atom. The molecule has 8 bridgehead atoms. The summed E-state index contributed by atoms with van der Waals surface area (Å²) in [5, 5.41) is 0. The Hall–Kier alpha value is -3.26. The molecule has 0 unspecified atom stereocenters. The molecule has 0 saturated carbocycles. The van der Waals surface area contributed by atoms with Gasteiger partial charge in [-0.2, -0.15) is 0 Å². The molecule has 204 valence electrons. The van der Waals surface area contributed by atoms with Gasteiger partial charge in [0.2, 0.25) is 0 Å². The highest BCUT2D eigenvalue weighted by Gasteiger charge is 2.33. The van der Waals surface area contributed by atoms with Gasteiger partial charge in [-0.15, -0.1) is 0 Å². The Bertz CT molecular complexity index is 1740. The van der Waals surface area contributed by atoms with Crippen molar-refractivity contribution < 1.29 is 14.3 Å². The number of halogens is 1. The molecule has 0 spiro atoms. The van der Waals surface area contributed by atoms with Crippen LogP contribution in [0.4, 0.5) is 0 Å². The minimum atomic E-state index is -0.294. The third-order valence-electron chi connectivity index (χ3n) is 8.13. The number of hydrogen-bond donors (Lipinski definition) is 2. The lowest BCUT2D eigenvalue weighted by Gasteiger charge is -2.16. The lowest BCUT2D eigenvalue weighted by atomic mass is 9.86. The Morgan fingerprint density at radius 2 is 1.26 bits per heavy atom. The van der Waals surface area contributed by atoms with E-state index >= 15 is 0 Å². The number of aryl methyl sites for hydroxylation is 2. The van der Waals surface area contributed by atoms with Crippen molar-refractivity contribution in [3.05, 3.63) is 61.6 Å². The second kappa shape index (κ2) is 9.15. The summed E-state index contributed by atoms with van der Waals surface area (Å²) < 4.78 is 6.73. The number of nitrogens with one attached hydrogen (secondary N) is 2. The molecule has 0 fully saturated rings. The van der Waals surface area contributed by atoms with E-state index in [1.54, 1.807) is 21.0 Å². The number of rotatable bonds is 3. The van der Waals surface area contributed by atoms with Gasteiger partial charge in [0.15, 0.2) is 17.3 Å². The van der Waals surface area contributed by atoms with E-state index in [0.717, 1.165) is 54.9 Å². The molecule has 0 atom stereocenters. The summed E-state index contributed by atoms with van der Waals surface area (Å²) in [7, 11) is 1.62. The molecule has 2 aliphatic rings. The van der Waals surface area contributed by atoms with Gasteiger partial charge in [0.05, 0.1) is 34.0 Å². The third kappa shape index (κ3) is 4.33. The van der Waals surface area contributed by atoms with Crippen molar-refractivity contribution in [2.24, 2.45) is 0 Å². The van der Waals surface area contributed by atoms with Gasteiger partial charge in [-0.25, -0.2) is 0 Å². The van der Waals surface area contributed by atoms with Crippen LogP contribution >= 0.6 is 15.9 Å². The van der Waals surface area contributed by atoms with Gasteiger partial charge in [0.25, 0.3) is 0 Å². The van der Waals surface area contributed by atoms with Crippen molar-refractivity contribution in [3.63, 3.8) is 0 Å². The standard InChI is InChI=1S/C31H35BrN4O3/c1-14-18-10-23-31(7,8)13-21(34-23)29(39-9)28-25(17(4)38)15(2)19(36-28)11-22-30(5,6)12-20(33-22)26(32)27(35-18)24(14)16(3)37/h10-11,35-36H,12-13H2,1-9H3. The van der Waals surface area contributed by atoms with E-state index in [1.807, 2.05) is 26.0 Å². The number of methoxy groups -OCH3 is 1. The highest BCUT2D eigenvalue weighted by atomic mass is 79.9. The van der Waals surface area contributed by atoms with Gasteiger partial charge >= 0.3 is 0 Å². The molecule has 39 heavy (non-hydrogen) atoms. The molecule has 7 nitrogen and oxygen atoms in total. The Labute approximate surface area is 237 Å². The van der Waals surface area contributed by atoms with E-state index in [-0.39, 0.29) is 22.4 Å². The smallest absolute Gasteiger partial charge is 0.164 e. The molecule has 0 aromatic carbocycles. The first-order valence-electron chi connectivity index (χ1n) is 13.2. The van der Waals surface area contributed by atoms with Gasteiger partial charge in [-0.3, -0.25) is 19.6 Å². The van der Waals surface area contributed by atoms with E-state index in [1.165, 1.54) is 0 Å². The van der Waals surface area contributed by atoms with E-state index < -0.39 is 0 Å². The van der Waals surface area contributed by atoms with Crippen molar-refractivity contribution >= 4 is 49.6 Å². The maximum absolute atomic E-state index is 12.9. The molecule has 8 heteroatoms. The number of carbonyl (C=O) groups excluding carboxylic acids is 2. The summed E-state index contributed by atoms with van der Waals surface area (Å²) in [5.74, 6) is 0.514. The molecule has 0 amide bonds. The van der Waals surface area contributed by atoms with Crippen LogP contribution in [0.25, 0.3) is 22.1 Å². The summed E-state index contributed by atoms with van der Waals surface area (Å²) in [4.78, 5) is 42.9. The second-order valence-electron chi connectivity index (χ2n) is 12.1. The van der Waals surface area contributed by atoms with Crippen molar-refractivity contribution in [3.8, 4) is 5.75 Å². The van der Waals surface area contributed by atoms with E-state index in [2.05, 4.69) is 53.6 Å². The zero-order valence-electron chi connectivity index (χ0n) is 24.1. The number of carbonyl (C=O) groups is 2. The number of nitrogens with zero attached hydrogens (tertiary/aromatic N) is 2. The monoisotopic (exact) mass is 590 g/mol. The van der Waals surface area contributed by atoms with Crippen molar-refractivity contribution in [1.29, 1.82) is 0 Å². The topological polar surface area (TPSA) is 101 Å². The average Bonchev–Trinajstić information content (AvgIpc) is 3.51. The van der Waals surface area contributed by atoms with Crippen LogP contribution in [0.2, 0.25) is 0 Å². The minimum Gasteiger partial charge on any atom is -0.493 e. The first-order valence-corrected chi connectivity index (χ1v) is 14.0. The van der Waals surface area contributed by atoms with Gasteiger partial charge in [-0.05, 0) is 66.9 Å². The van der Waals surface area contributed by atoms with Crippen LogP contribution in [0.1, 0.15) is 96.2 Å². The van der Waals surface area contributed by atoms with Gasteiger partial charge in [-0.1, -0.05) is 27.7 Å². The van der Waals surface area contributed by atoms with Crippen LogP contribution in [0.3, 0.4) is 0 Å². The number of fused-ring (bicyclic) bond motifs is 8. The third-order valence-corrected chi connectivity index (χ3v) is 8.98. The molecule has 2 aliphatic heterocycles. The number of Topliss-reactive ketones (excluding diaryl/α,β-unsaturated/α-hetero) is 2. The zero-order chi connectivity index (χ0) is 28.6. The van der Waals surface area contributed by atoms with Gasteiger partial charge in [0.1, 0.15) is 0 Å². The molecule has 0 saturated heterocycles. The fraction of sp³-hybridized carbons (Fsp3) is 0.419. The number of aromatic nitrogens is 4. The van der Waals surface area contributed by atoms with Gasteiger partial charge < -0.3 is 14.7 Å². The van der Waals surface area contributed by atoms with Crippen molar-refractivity contribution in [2.75, 3.05) is 7.11 Å². The summed E-state index contributed by atoms with van der Waals surface area (Å²) in [6.45, 7) is 15.7. The number of H-pyrrole nitrogens is 2. The predicted octanol–water partition coefficient (Wildman–Crippen LogP) is 7.15. The highest BCUT2D eigenvalue weighted by molar-refractivity contribution is 9.10. The minimum absolute atomic E-state index is 0.0113. The fourth-order valence-corrected chi connectivity index (χ4v) is 6.44. The lowest BCUT2D eigenvalue weighted by Crippen LogP contribution is -2.15. The molecule has 5 heterocycles. The Morgan fingerprint density at radius 3 is 1.74 bits per heavy atom. The highest BCUT2D eigenvalue weighted by Crippen LogP contribution is 2.40. The van der Waals surface area contributed by atoms with E-state index in [4.69, 9.17) is 14.7 Å². The molecular weight excluding hydrogens is 556 g/mol. The maximum atomic E-state index is 12.9. The largest absolute Gasteiger partial charge is 0.493 e. The zero-order valence-corrected chi connectivity index (χ0v) is 25.7. The average molecular weight is 592 g/mol. The predicted molar refractivity (Wildman–Crippen MR) is 158 cm³/mol. The summed E-state index contributed by atoms with van der Waals surface area (Å²) in [6.07, 6.45) is 1.32. The SMILES string of the molecule is COc1c2nc(cc3[nH]c(c(Br)c4nc(cc5[nH]c1c(C(C)=O)c5C)C(C)(C)C4)c(C(C)=O)c3C)C(C)(C)C2. The van der Waals surface area contributed by atoms with Crippen molar-refractivity contribution in [2.45, 2.75) is 79.1 Å². The van der Waals surface area contributed by atoms with Crippen LogP contribution in [-0.2, 0) is 23.7 Å². The lowest BCUT2D eigenvalue weighted by molar-refractivity contribution is 0.101. The number of ketones is 2. The van der Waals surface area contributed by atoms with Crippen LogP contribution < -0.4 is 4.74 Å². The maximum Gasteiger partial charge on any atom is 0.164 e. The number of aromatic amines is 2. The van der Waals surface area contributed by atoms with E-state index in [9.17, 15) is 9.59 Å². The quantitative estimate of drug-likeness (QED) is 0.315. The molecule has 0 aliphatic carbocycles. The second-order valence-corrected chi connectivity index (χ2v) is 12.9. The van der Waals surface area contributed by atoms with Crippen LogP contribution in [0.5, 0.6) is 5.75 Å². The van der Waals surface area contributed by atoms with Crippen molar-refractivity contribution in [1.82, 2.24) is 19.9 Å². The molecule has 0 radical (unpaired) electrons. The Balaban J connectivity index is 2.07.